The van der Waals surface area contributed by atoms with Gasteiger partial charge in [-0.05, 0) is 30.5 Å². The van der Waals surface area contributed by atoms with Crippen molar-refractivity contribution in [2.75, 3.05) is 0 Å². The molecule has 108 valence electrons. The van der Waals surface area contributed by atoms with Crippen molar-refractivity contribution in [2.24, 2.45) is 5.92 Å². The highest BCUT2D eigenvalue weighted by Crippen LogP contribution is 2.22. The molecular formula is C14H20F3NO. The minimum atomic E-state index is -4.63. The molecule has 19 heavy (non-hydrogen) atoms. The minimum absolute atomic E-state index is 0.189. The van der Waals surface area contributed by atoms with Gasteiger partial charge in [-0.3, -0.25) is 0 Å². The van der Waals surface area contributed by atoms with E-state index in [1.54, 1.807) is 12.1 Å². The van der Waals surface area contributed by atoms with Gasteiger partial charge in [0.05, 0.1) is 0 Å². The van der Waals surface area contributed by atoms with Crippen LogP contribution in [0, 0.1) is 5.92 Å². The van der Waals surface area contributed by atoms with Crippen molar-refractivity contribution in [1.82, 2.24) is 5.32 Å². The molecule has 1 rings (SSSR count). The van der Waals surface area contributed by atoms with Crippen LogP contribution in [0.5, 0.6) is 5.75 Å². The summed E-state index contributed by atoms with van der Waals surface area (Å²) in [4.78, 5) is 0. The van der Waals surface area contributed by atoms with Crippen molar-refractivity contribution in [1.29, 1.82) is 0 Å². The van der Waals surface area contributed by atoms with Gasteiger partial charge in [0.2, 0.25) is 0 Å². The molecule has 0 aliphatic heterocycles. The maximum absolute atomic E-state index is 12.0. The molecule has 0 amide bonds. The second-order valence-corrected chi connectivity index (χ2v) is 4.75. The summed E-state index contributed by atoms with van der Waals surface area (Å²) in [7, 11) is 0. The van der Waals surface area contributed by atoms with E-state index in [9.17, 15) is 13.2 Å². The number of alkyl halides is 3. The van der Waals surface area contributed by atoms with Crippen molar-refractivity contribution in [3.8, 4) is 5.75 Å². The van der Waals surface area contributed by atoms with Crippen LogP contribution < -0.4 is 10.1 Å². The summed E-state index contributed by atoms with van der Waals surface area (Å²) in [5, 5.41) is 3.35. The van der Waals surface area contributed by atoms with Gasteiger partial charge in [-0.2, -0.15) is 0 Å². The molecule has 0 aliphatic carbocycles. The van der Waals surface area contributed by atoms with Crippen molar-refractivity contribution in [3.63, 3.8) is 0 Å². The largest absolute Gasteiger partial charge is 0.573 e. The van der Waals surface area contributed by atoms with Crippen molar-refractivity contribution >= 4 is 0 Å². The van der Waals surface area contributed by atoms with E-state index in [-0.39, 0.29) is 5.75 Å². The van der Waals surface area contributed by atoms with E-state index in [4.69, 9.17) is 0 Å². The lowest BCUT2D eigenvalue weighted by Crippen LogP contribution is -2.31. The summed E-state index contributed by atoms with van der Waals surface area (Å²) < 4.78 is 39.8. The molecule has 0 aromatic heterocycles. The zero-order chi connectivity index (χ0) is 14.5. The molecule has 2 nitrogen and oxygen atoms in total. The van der Waals surface area contributed by atoms with Crippen LogP contribution in [0.25, 0.3) is 0 Å². The Morgan fingerprint density at radius 1 is 1.16 bits per heavy atom. The first kappa shape index (κ1) is 15.8. The van der Waals surface area contributed by atoms with Gasteiger partial charge < -0.3 is 10.1 Å². The number of hydrogen-bond donors (Lipinski definition) is 1. The lowest BCUT2D eigenvalue weighted by Gasteiger charge is -2.20. The molecule has 0 aliphatic rings. The highest BCUT2D eigenvalue weighted by Gasteiger charge is 2.30. The van der Waals surface area contributed by atoms with E-state index >= 15 is 0 Å². The summed E-state index contributed by atoms with van der Waals surface area (Å²) in [5.74, 6) is 0.374. The standard InChI is InChI=1S/C14H20F3NO/c1-4-10(2)11(3)18-9-12-5-7-13(8-6-12)19-14(15,16)17/h5-8,10-11,18H,4,9H2,1-3H3. The number of ether oxygens (including phenoxy) is 1. The molecule has 0 spiro atoms. The lowest BCUT2D eigenvalue weighted by atomic mass is 10.0. The van der Waals surface area contributed by atoms with E-state index in [0.29, 0.717) is 18.5 Å². The first-order chi connectivity index (χ1) is 8.81. The Labute approximate surface area is 112 Å². The Kier molecular flexibility index (Phi) is 5.66. The maximum Gasteiger partial charge on any atom is 0.573 e. The highest BCUT2D eigenvalue weighted by atomic mass is 19.4. The third-order valence-corrected chi connectivity index (χ3v) is 3.28. The minimum Gasteiger partial charge on any atom is -0.406 e. The zero-order valence-corrected chi connectivity index (χ0v) is 11.4. The fraction of sp³-hybridized carbons (Fsp3) is 0.571. The Morgan fingerprint density at radius 2 is 1.74 bits per heavy atom. The quantitative estimate of drug-likeness (QED) is 0.843. The summed E-state index contributed by atoms with van der Waals surface area (Å²) in [6, 6.07) is 6.31. The van der Waals surface area contributed by atoms with Crippen LogP contribution in [0.2, 0.25) is 0 Å². The van der Waals surface area contributed by atoms with Gasteiger partial charge in [0.1, 0.15) is 5.75 Å². The second-order valence-electron chi connectivity index (χ2n) is 4.75. The molecular weight excluding hydrogens is 255 g/mol. The van der Waals surface area contributed by atoms with Crippen LogP contribution in [-0.4, -0.2) is 12.4 Å². The van der Waals surface area contributed by atoms with E-state index < -0.39 is 6.36 Å². The van der Waals surface area contributed by atoms with Crippen LogP contribution in [0.3, 0.4) is 0 Å². The number of halogens is 3. The summed E-state index contributed by atoms with van der Waals surface area (Å²) in [5.41, 5.74) is 0.935. The first-order valence-electron chi connectivity index (χ1n) is 6.40. The third-order valence-electron chi connectivity index (χ3n) is 3.28. The predicted molar refractivity (Wildman–Crippen MR) is 68.9 cm³/mol. The second kappa shape index (κ2) is 6.80. The van der Waals surface area contributed by atoms with Crippen LogP contribution >= 0.6 is 0 Å². The Hall–Kier alpha value is -1.23. The average Bonchev–Trinajstić information content (AvgIpc) is 2.34. The predicted octanol–water partition coefficient (Wildman–Crippen LogP) is 4.11. The first-order valence-corrected chi connectivity index (χ1v) is 6.40. The maximum atomic E-state index is 12.0. The summed E-state index contributed by atoms with van der Waals surface area (Å²) >= 11 is 0. The molecule has 0 saturated heterocycles. The molecule has 0 bridgehead atoms. The molecule has 5 heteroatoms. The number of rotatable bonds is 6. The van der Waals surface area contributed by atoms with Crippen LogP contribution in [-0.2, 0) is 6.54 Å². The molecule has 2 unspecified atom stereocenters. The SMILES string of the molecule is CCC(C)C(C)NCc1ccc(OC(F)(F)F)cc1. The Morgan fingerprint density at radius 3 is 2.21 bits per heavy atom. The van der Waals surface area contributed by atoms with Gasteiger partial charge in [0.25, 0.3) is 0 Å². The molecule has 1 aromatic carbocycles. The van der Waals surface area contributed by atoms with Gasteiger partial charge in [-0.15, -0.1) is 13.2 Å². The van der Waals surface area contributed by atoms with Gasteiger partial charge in [0, 0.05) is 12.6 Å². The number of benzene rings is 1. The molecule has 1 N–H and O–H groups in total. The Bertz CT molecular complexity index is 375. The zero-order valence-electron chi connectivity index (χ0n) is 11.4. The number of nitrogens with one attached hydrogen (secondary N) is 1. The van der Waals surface area contributed by atoms with Crippen LogP contribution in [0.1, 0.15) is 32.8 Å². The average molecular weight is 275 g/mol. The van der Waals surface area contributed by atoms with Crippen LogP contribution in [0.15, 0.2) is 24.3 Å². The van der Waals surface area contributed by atoms with Crippen LogP contribution in [0.4, 0.5) is 13.2 Å². The third kappa shape index (κ3) is 5.96. The molecule has 0 fully saturated rings. The number of hydrogen-bond acceptors (Lipinski definition) is 2. The molecule has 0 heterocycles. The fourth-order valence-corrected chi connectivity index (χ4v) is 1.64. The van der Waals surface area contributed by atoms with Gasteiger partial charge in [-0.25, -0.2) is 0 Å². The van der Waals surface area contributed by atoms with Crippen molar-refractivity contribution in [2.45, 2.75) is 46.1 Å². The van der Waals surface area contributed by atoms with E-state index in [2.05, 4.69) is 30.8 Å². The van der Waals surface area contributed by atoms with E-state index in [0.717, 1.165) is 12.0 Å². The van der Waals surface area contributed by atoms with Gasteiger partial charge in [-0.1, -0.05) is 32.4 Å². The van der Waals surface area contributed by atoms with Crippen molar-refractivity contribution < 1.29 is 17.9 Å². The smallest absolute Gasteiger partial charge is 0.406 e. The lowest BCUT2D eigenvalue weighted by molar-refractivity contribution is -0.274. The summed E-state index contributed by atoms with van der Waals surface area (Å²) in [6.07, 6.45) is -3.54. The monoisotopic (exact) mass is 275 g/mol. The normalized spacial score (nSPS) is 15.1. The summed E-state index contributed by atoms with van der Waals surface area (Å²) in [6.45, 7) is 7.04. The fourth-order valence-electron chi connectivity index (χ4n) is 1.64. The van der Waals surface area contributed by atoms with Crippen molar-refractivity contribution in [3.05, 3.63) is 29.8 Å². The van der Waals surface area contributed by atoms with Gasteiger partial charge in [0.15, 0.2) is 0 Å². The molecule has 2 atom stereocenters. The molecule has 0 radical (unpaired) electrons. The van der Waals surface area contributed by atoms with E-state index in [1.807, 2.05) is 0 Å². The molecule has 0 saturated carbocycles. The molecule has 1 aromatic rings. The Balaban J connectivity index is 2.49. The van der Waals surface area contributed by atoms with E-state index in [1.165, 1.54) is 12.1 Å². The topological polar surface area (TPSA) is 21.3 Å². The van der Waals surface area contributed by atoms with Gasteiger partial charge >= 0.3 is 6.36 Å². The highest BCUT2D eigenvalue weighted by molar-refractivity contribution is 5.27.